The van der Waals surface area contributed by atoms with Gasteiger partial charge in [-0.3, -0.25) is 4.72 Å². The van der Waals surface area contributed by atoms with Crippen LogP contribution in [0.4, 0.5) is 5.69 Å². The van der Waals surface area contributed by atoms with Gasteiger partial charge in [-0.25, -0.2) is 13.2 Å². The number of ether oxygens (including phenoxy) is 1. The molecular formula is C17H23N3O4S2. The van der Waals surface area contributed by atoms with E-state index >= 15 is 0 Å². The molecule has 0 saturated carbocycles. The molecule has 1 aliphatic rings. The van der Waals surface area contributed by atoms with E-state index in [1.165, 1.54) is 0 Å². The fourth-order valence-electron chi connectivity index (χ4n) is 2.84. The summed E-state index contributed by atoms with van der Waals surface area (Å²) in [5, 5.41) is 3.71. The topological polar surface area (TPSA) is 87.7 Å². The van der Waals surface area contributed by atoms with E-state index in [0.29, 0.717) is 22.9 Å². The Balaban J connectivity index is 2.43. The van der Waals surface area contributed by atoms with Crippen molar-refractivity contribution in [2.45, 2.75) is 26.8 Å². The number of allylic oxidation sites excluding steroid dienone is 1. The van der Waals surface area contributed by atoms with Crippen LogP contribution in [0.2, 0.25) is 0 Å². The normalized spacial score (nSPS) is 17.8. The average molecular weight is 398 g/mol. The Bertz CT molecular complexity index is 832. The maximum Gasteiger partial charge on any atom is 0.338 e. The zero-order valence-electron chi connectivity index (χ0n) is 15.2. The summed E-state index contributed by atoms with van der Waals surface area (Å²) in [4.78, 5) is 14.4. The van der Waals surface area contributed by atoms with Gasteiger partial charge < -0.3 is 15.0 Å². The van der Waals surface area contributed by atoms with Gasteiger partial charge in [-0.2, -0.15) is 0 Å². The molecule has 0 aromatic heterocycles. The molecule has 0 fully saturated rings. The zero-order chi connectivity index (χ0) is 19.5. The maximum atomic E-state index is 12.5. The minimum atomic E-state index is -3.35. The van der Waals surface area contributed by atoms with Crippen molar-refractivity contribution in [3.63, 3.8) is 0 Å². The highest BCUT2D eigenvalue weighted by molar-refractivity contribution is 7.92. The van der Waals surface area contributed by atoms with Gasteiger partial charge in [0.05, 0.1) is 24.5 Å². The second-order valence-corrected chi connectivity index (χ2v) is 7.98. The van der Waals surface area contributed by atoms with Crippen molar-refractivity contribution in [2.24, 2.45) is 0 Å². The Morgan fingerprint density at radius 2 is 1.92 bits per heavy atom. The second kappa shape index (κ2) is 8.05. The number of hydrogen-bond donors (Lipinski definition) is 2. The molecule has 142 valence electrons. The summed E-state index contributed by atoms with van der Waals surface area (Å²) in [6, 6.07) is 6.33. The van der Waals surface area contributed by atoms with E-state index in [0.717, 1.165) is 17.5 Å². The van der Waals surface area contributed by atoms with Crippen LogP contribution in [0.15, 0.2) is 35.5 Å². The minimum absolute atomic E-state index is 0.274. The van der Waals surface area contributed by atoms with Crippen LogP contribution in [-0.2, 0) is 19.6 Å². The molecule has 1 atom stereocenters. The van der Waals surface area contributed by atoms with Crippen molar-refractivity contribution in [3.8, 4) is 0 Å². The summed E-state index contributed by atoms with van der Waals surface area (Å²) in [6.07, 6.45) is 1.09. The van der Waals surface area contributed by atoms with Gasteiger partial charge >= 0.3 is 5.97 Å². The third-order valence-electron chi connectivity index (χ3n) is 3.96. The molecule has 0 saturated heterocycles. The predicted molar refractivity (Wildman–Crippen MR) is 105 cm³/mol. The van der Waals surface area contributed by atoms with Gasteiger partial charge in [-0.1, -0.05) is 12.1 Å². The number of anilines is 1. The Morgan fingerprint density at radius 3 is 2.42 bits per heavy atom. The number of esters is 1. The number of benzene rings is 1. The van der Waals surface area contributed by atoms with E-state index in [9.17, 15) is 13.2 Å². The highest BCUT2D eigenvalue weighted by Gasteiger charge is 2.34. The van der Waals surface area contributed by atoms with Crippen LogP contribution >= 0.6 is 12.2 Å². The molecule has 0 bridgehead atoms. The summed E-state index contributed by atoms with van der Waals surface area (Å²) < 4.78 is 30.3. The molecule has 26 heavy (non-hydrogen) atoms. The fraction of sp³-hybridized carbons (Fsp3) is 0.412. The fourth-order valence-corrected chi connectivity index (χ4v) is 3.79. The van der Waals surface area contributed by atoms with Crippen LogP contribution in [0.25, 0.3) is 0 Å². The average Bonchev–Trinajstić information content (AvgIpc) is 2.54. The molecule has 0 radical (unpaired) electrons. The van der Waals surface area contributed by atoms with Gasteiger partial charge in [0.15, 0.2) is 5.11 Å². The molecule has 0 amide bonds. The first-order valence-corrected chi connectivity index (χ1v) is 10.5. The van der Waals surface area contributed by atoms with Crippen molar-refractivity contribution >= 4 is 39.0 Å². The molecular weight excluding hydrogens is 374 g/mol. The van der Waals surface area contributed by atoms with Crippen LogP contribution in [-0.4, -0.2) is 43.8 Å². The highest BCUT2D eigenvalue weighted by Crippen LogP contribution is 2.32. The molecule has 1 aliphatic heterocycles. The summed E-state index contributed by atoms with van der Waals surface area (Å²) in [5.74, 6) is -0.401. The van der Waals surface area contributed by atoms with Gasteiger partial charge in [0.25, 0.3) is 0 Å². The molecule has 9 heteroatoms. The molecule has 2 rings (SSSR count). The predicted octanol–water partition coefficient (Wildman–Crippen LogP) is 2.15. The van der Waals surface area contributed by atoms with Crippen molar-refractivity contribution in [1.29, 1.82) is 0 Å². The van der Waals surface area contributed by atoms with Crippen LogP contribution in [0.5, 0.6) is 0 Å². The van der Waals surface area contributed by atoms with Gasteiger partial charge in [-0.05, 0) is 50.7 Å². The summed E-state index contributed by atoms with van der Waals surface area (Å²) in [5.41, 5.74) is 2.47. The Kier molecular flexibility index (Phi) is 6.25. The zero-order valence-corrected chi connectivity index (χ0v) is 16.8. The van der Waals surface area contributed by atoms with Gasteiger partial charge in [0, 0.05) is 17.9 Å². The van der Waals surface area contributed by atoms with E-state index < -0.39 is 22.0 Å². The van der Waals surface area contributed by atoms with Crippen molar-refractivity contribution in [1.82, 2.24) is 10.2 Å². The molecule has 7 nitrogen and oxygen atoms in total. The van der Waals surface area contributed by atoms with E-state index in [1.54, 1.807) is 31.2 Å². The number of sulfonamides is 1. The number of nitrogens with one attached hydrogen (secondary N) is 2. The quantitative estimate of drug-likeness (QED) is 0.562. The van der Waals surface area contributed by atoms with Crippen LogP contribution in [0.1, 0.15) is 32.4 Å². The smallest absolute Gasteiger partial charge is 0.338 e. The molecule has 2 N–H and O–H groups in total. The van der Waals surface area contributed by atoms with Crippen LogP contribution in [0.3, 0.4) is 0 Å². The molecule has 1 aromatic rings. The molecule has 0 aliphatic carbocycles. The number of thiocarbonyl (C=S) groups is 1. The Morgan fingerprint density at radius 1 is 1.31 bits per heavy atom. The number of carbonyl (C=O) groups excluding carboxylic acids is 1. The summed E-state index contributed by atoms with van der Waals surface area (Å²) in [7, 11) is -3.35. The lowest BCUT2D eigenvalue weighted by atomic mass is 9.95. The molecule has 1 aromatic carbocycles. The van der Waals surface area contributed by atoms with Crippen LogP contribution < -0.4 is 10.0 Å². The first-order chi connectivity index (χ1) is 12.2. The molecule has 0 spiro atoms. The van der Waals surface area contributed by atoms with Crippen molar-refractivity contribution < 1.29 is 17.9 Å². The Labute approximate surface area is 159 Å². The lowest BCUT2D eigenvalue weighted by molar-refractivity contribution is -0.139. The summed E-state index contributed by atoms with van der Waals surface area (Å²) >= 11 is 5.42. The van der Waals surface area contributed by atoms with Crippen molar-refractivity contribution in [2.75, 3.05) is 24.1 Å². The maximum absolute atomic E-state index is 12.5. The van der Waals surface area contributed by atoms with E-state index in [-0.39, 0.29) is 6.61 Å². The number of rotatable bonds is 6. The number of hydrogen-bond acceptors (Lipinski definition) is 5. The van der Waals surface area contributed by atoms with E-state index in [4.69, 9.17) is 17.0 Å². The van der Waals surface area contributed by atoms with Crippen molar-refractivity contribution in [3.05, 3.63) is 41.1 Å². The SMILES string of the molecule is CCOC(=O)C1=C(C)N(CC)C(=S)NC1c1ccc(NS(C)(=O)=O)cc1. The summed E-state index contributed by atoms with van der Waals surface area (Å²) in [6.45, 7) is 6.45. The number of nitrogens with zero attached hydrogens (tertiary/aromatic N) is 1. The lowest BCUT2D eigenvalue weighted by Crippen LogP contribution is -2.47. The third-order valence-corrected chi connectivity index (χ3v) is 4.90. The second-order valence-electron chi connectivity index (χ2n) is 5.84. The first kappa shape index (κ1) is 20.2. The number of carbonyl (C=O) groups is 1. The van der Waals surface area contributed by atoms with Gasteiger partial charge in [-0.15, -0.1) is 0 Å². The highest BCUT2D eigenvalue weighted by atomic mass is 32.2. The van der Waals surface area contributed by atoms with Crippen LogP contribution in [0, 0.1) is 0 Å². The lowest BCUT2D eigenvalue weighted by Gasteiger charge is -2.37. The monoisotopic (exact) mass is 397 g/mol. The third kappa shape index (κ3) is 4.53. The van der Waals surface area contributed by atoms with E-state index in [2.05, 4.69) is 10.0 Å². The minimum Gasteiger partial charge on any atom is -0.463 e. The largest absolute Gasteiger partial charge is 0.463 e. The van der Waals surface area contributed by atoms with Gasteiger partial charge in [0.2, 0.25) is 10.0 Å². The van der Waals surface area contributed by atoms with E-state index in [1.807, 2.05) is 18.7 Å². The standard InChI is InChI=1S/C17H23N3O4S2/c1-5-20-11(3)14(16(21)24-6-2)15(18-17(20)25)12-7-9-13(10-8-12)19-26(4,22)23/h7-10,15,19H,5-6H2,1-4H3,(H,18,25). The molecule has 1 heterocycles. The molecule has 1 unspecified atom stereocenters. The Hall–Kier alpha value is -2.13. The van der Waals surface area contributed by atoms with Gasteiger partial charge in [0.1, 0.15) is 0 Å². The first-order valence-electron chi connectivity index (χ1n) is 8.21.